The van der Waals surface area contributed by atoms with E-state index in [1.807, 2.05) is 17.4 Å². The van der Waals surface area contributed by atoms with Crippen molar-refractivity contribution in [1.82, 2.24) is 0 Å². The van der Waals surface area contributed by atoms with Gasteiger partial charge in [0.15, 0.2) is 0 Å². The second kappa shape index (κ2) is 6.23. The summed E-state index contributed by atoms with van der Waals surface area (Å²) in [4.78, 5) is 1.45. The second-order valence-corrected chi connectivity index (χ2v) is 5.91. The molecule has 1 aromatic carbocycles. The van der Waals surface area contributed by atoms with Crippen LogP contribution < -0.4 is 0 Å². The molecule has 2 heteroatoms. The molecule has 0 bridgehead atoms. The first-order valence-electron chi connectivity index (χ1n) is 5.99. The number of aryl methyl sites for hydroxylation is 1. The van der Waals surface area contributed by atoms with Crippen molar-refractivity contribution >= 4 is 22.9 Å². The molecule has 0 N–H and O–H groups in total. The molecule has 2 rings (SSSR count). The molecule has 0 aliphatic carbocycles. The van der Waals surface area contributed by atoms with Crippen LogP contribution >= 0.6 is 22.9 Å². The number of alkyl halides is 1. The standard InChI is InChI=1S/C15H17ClS/c1-12(9-10-14-8-5-11-17-14)15(16)13-6-3-2-4-7-13/h2-8,11-12,15H,9-10H2,1H3. The monoisotopic (exact) mass is 264 g/mol. The van der Waals surface area contributed by atoms with E-state index in [1.54, 1.807) is 0 Å². The Morgan fingerprint density at radius 2 is 1.88 bits per heavy atom. The molecule has 0 saturated carbocycles. The minimum Gasteiger partial charge on any atom is -0.149 e. The van der Waals surface area contributed by atoms with E-state index in [1.165, 1.54) is 10.4 Å². The lowest BCUT2D eigenvalue weighted by molar-refractivity contribution is 0.517. The number of thiophene rings is 1. The van der Waals surface area contributed by atoms with Gasteiger partial charge in [0, 0.05) is 4.88 Å². The lowest BCUT2D eigenvalue weighted by Crippen LogP contribution is -2.05. The van der Waals surface area contributed by atoms with Crippen LogP contribution in [0.4, 0.5) is 0 Å². The van der Waals surface area contributed by atoms with E-state index in [-0.39, 0.29) is 5.38 Å². The Morgan fingerprint density at radius 3 is 2.53 bits per heavy atom. The Bertz CT molecular complexity index is 421. The second-order valence-electron chi connectivity index (χ2n) is 4.41. The van der Waals surface area contributed by atoms with Crippen molar-refractivity contribution < 1.29 is 0 Å². The molecular formula is C15H17ClS. The maximum Gasteiger partial charge on any atom is 0.0610 e. The number of rotatable bonds is 5. The van der Waals surface area contributed by atoms with Gasteiger partial charge in [0.2, 0.25) is 0 Å². The molecule has 0 saturated heterocycles. The Balaban J connectivity index is 1.89. The van der Waals surface area contributed by atoms with E-state index < -0.39 is 0 Å². The van der Waals surface area contributed by atoms with Crippen LogP contribution in [0, 0.1) is 5.92 Å². The molecule has 0 aliphatic rings. The number of benzene rings is 1. The van der Waals surface area contributed by atoms with Gasteiger partial charge in [-0.3, -0.25) is 0 Å². The molecule has 2 atom stereocenters. The number of halogens is 1. The van der Waals surface area contributed by atoms with Crippen molar-refractivity contribution in [2.45, 2.75) is 25.1 Å². The fraction of sp³-hybridized carbons (Fsp3) is 0.333. The van der Waals surface area contributed by atoms with E-state index in [2.05, 4.69) is 48.7 Å². The summed E-state index contributed by atoms with van der Waals surface area (Å²) in [6.07, 6.45) is 2.28. The molecule has 0 fully saturated rings. The van der Waals surface area contributed by atoms with Crippen molar-refractivity contribution in [2.24, 2.45) is 5.92 Å². The first kappa shape index (κ1) is 12.7. The van der Waals surface area contributed by atoms with Crippen LogP contribution in [0.15, 0.2) is 47.8 Å². The summed E-state index contributed by atoms with van der Waals surface area (Å²) in [7, 11) is 0. The summed E-state index contributed by atoms with van der Waals surface area (Å²) in [6, 6.07) is 14.7. The molecule has 17 heavy (non-hydrogen) atoms. The molecule has 2 aromatic rings. The van der Waals surface area contributed by atoms with E-state index >= 15 is 0 Å². The molecule has 1 heterocycles. The smallest absolute Gasteiger partial charge is 0.0610 e. The number of hydrogen-bond donors (Lipinski definition) is 0. The Labute approximate surface area is 112 Å². The van der Waals surface area contributed by atoms with Gasteiger partial charge in [-0.05, 0) is 35.8 Å². The molecular weight excluding hydrogens is 248 g/mol. The van der Waals surface area contributed by atoms with Crippen molar-refractivity contribution in [3.63, 3.8) is 0 Å². The van der Waals surface area contributed by atoms with Crippen LogP contribution in [0.5, 0.6) is 0 Å². The zero-order valence-corrected chi connectivity index (χ0v) is 11.5. The topological polar surface area (TPSA) is 0 Å². The molecule has 0 spiro atoms. The molecule has 0 amide bonds. The lowest BCUT2D eigenvalue weighted by Gasteiger charge is -2.17. The van der Waals surface area contributed by atoms with Gasteiger partial charge in [-0.1, -0.05) is 43.3 Å². The first-order chi connectivity index (χ1) is 8.27. The van der Waals surface area contributed by atoms with Crippen LogP contribution in [0.1, 0.15) is 29.2 Å². The Hall–Kier alpha value is -0.790. The Kier molecular flexibility index (Phi) is 4.64. The summed E-state index contributed by atoms with van der Waals surface area (Å²) in [6.45, 7) is 2.23. The highest BCUT2D eigenvalue weighted by atomic mass is 35.5. The summed E-state index contributed by atoms with van der Waals surface area (Å²) >= 11 is 8.33. The summed E-state index contributed by atoms with van der Waals surface area (Å²) in [5.41, 5.74) is 1.23. The third-order valence-corrected chi connectivity index (χ3v) is 4.66. The van der Waals surface area contributed by atoms with Crippen LogP contribution in [0.3, 0.4) is 0 Å². The molecule has 0 nitrogen and oxygen atoms in total. The SMILES string of the molecule is CC(CCc1cccs1)C(Cl)c1ccccc1. The fourth-order valence-electron chi connectivity index (χ4n) is 1.94. The quantitative estimate of drug-likeness (QED) is 0.643. The number of hydrogen-bond acceptors (Lipinski definition) is 1. The van der Waals surface area contributed by atoms with Gasteiger partial charge in [-0.15, -0.1) is 22.9 Å². The zero-order valence-electron chi connectivity index (χ0n) is 9.97. The maximum atomic E-state index is 6.50. The van der Waals surface area contributed by atoms with Gasteiger partial charge in [0.05, 0.1) is 5.38 Å². The molecule has 1 aromatic heterocycles. The van der Waals surface area contributed by atoms with Crippen molar-refractivity contribution in [2.75, 3.05) is 0 Å². The van der Waals surface area contributed by atoms with Gasteiger partial charge >= 0.3 is 0 Å². The highest BCUT2D eigenvalue weighted by Crippen LogP contribution is 2.31. The predicted octanol–water partition coefficient (Wildman–Crippen LogP) is 5.30. The van der Waals surface area contributed by atoms with Gasteiger partial charge < -0.3 is 0 Å². The van der Waals surface area contributed by atoms with E-state index in [4.69, 9.17) is 11.6 Å². The van der Waals surface area contributed by atoms with E-state index in [0.29, 0.717) is 5.92 Å². The highest BCUT2D eigenvalue weighted by Gasteiger charge is 2.16. The van der Waals surface area contributed by atoms with Crippen molar-refractivity contribution in [3.05, 3.63) is 58.3 Å². The van der Waals surface area contributed by atoms with Gasteiger partial charge in [0.1, 0.15) is 0 Å². The third kappa shape index (κ3) is 3.58. The van der Waals surface area contributed by atoms with Crippen LogP contribution in [0.2, 0.25) is 0 Å². The van der Waals surface area contributed by atoms with Gasteiger partial charge in [0.25, 0.3) is 0 Å². The summed E-state index contributed by atoms with van der Waals surface area (Å²) in [5.74, 6) is 0.501. The third-order valence-electron chi connectivity index (χ3n) is 3.04. The molecule has 0 aliphatic heterocycles. The summed E-state index contributed by atoms with van der Waals surface area (Å²) < 4.78 is 0. The fourth-order valence-corrected chi connectivity index (χ4v) is 2.93. The van der Waals surface area contributed by atoms with E-state index in [0.717, 1.165) is 12.8 Å². The minimum absolute atomic E-state index is 0.121. The maximum absolute atomic E-state index is 6.50. The molecule has 2 unspecified atom stereocenters. The summed E-state index contributed by atoms with van der Waals surface area (Å²) in [5, 5.41) is 2.26. The lowest BCUT2D eigenvalue weighted by atomic mass is 9.96. The van der Waals surface area contributed by atoms with Crippen molar-refractivity contribution in [1.29, 1.82) is 0 Å². The normalized spacial score (nSPS) is 14.5. The van der Waals surface area contributed by atoms with Crippen LogP contribution in [-0.2, 0) is 6.42 Å². The predicted molar refractivity (Wildman–Crippen MR) is 76.8 cm³/mol. The highest BCUT2D eigenvalue weighted by molar-refractivity contribution is 7.09. The molecule has 90 valence electrons. The van der Waals surface area contributed by atoms with Gasteiger partial charge in [-0.2, -0.15) is 0 Å². The average Bonchev–Trinajstić information content (AvgIpc) is 2.89. The van der Waals surface area contributed by atoms with Crippen LogP contribution in [0.25, 0.3) is 0 Å². The average molecular weight is 265 g/mol. The minimum atomic E-state index is 0.121. The van der Waals surface area contributed by atoms with Gasteiger partial charge in [-0.25, -0.2) is 0 Å². The van der Waals surface area contributed by atoms with Crippen LogP contribution in [-0.4, -0.2) is 0 Å². The Morgan fingerprint density at radius 1 is 1.12 bits per heavy atom. The zero-order chi connectivity index (χ0) is 12.1. The van der Waals surface area contributed by atoms with Crippen molar-refractivity contribution in [3.8, 4) is 0 Å². The molecule has 0 radical (unpaired) electrons. The van der Waals surface area contributed by atoms with E-state index in [9.17, 15) is 0 Å². The largest absolute Gasteiger partial charge is 0.149 e. The first-order valence-corrected chi connectivity index (χ1v) is 7.30.